The Balaban J connectivity index is 1.65. The molecule has 1 fully saturated rings. The molecule has 0 saturated heterocycles. The van der Waals surface area contributed by atoms with Gasteiger partial charge in [-0.1, -0.05) is 37.1 Å². The molecule has 1 amide bonds. The molecule has 0 spiro atoms. The Morgan fingerprint density at radius 1 is 1.04 bits per heavy atom. The first kappa shape index (κ1) is 17.5. The summed E-state index contributed by atoms with van der Waals surface area (Å²) >= 11 is 0. The number of hydrogen-bond acceptors (Lipinski definition) is 3. The Morgan fingerprint density at radius 3 is 2.40 bits per heavy atom. The number of nitrogens with one attached hydrogen (secondary N) is 1. The van der Waals surface area contributed by atoms with Crippen molar-refractivity contribution in [2.24, 2.45) is 0 Å². The molecule has 0 radical (unpaired) electrons. The van der Waals surface area contributed by atoms with E-state index in [1.165, 1.54) is 12.8 Å². The number of nitrogens with zero attached hydrogens (tertiary/aromatic N) is 1. The van der Waals surface area contributed by atoms with Crippen LogP contribution in [0.15, 0.2) is 54.6 Å². The van der Waals surface area contributed by atoms with Gasteiger partial charge in [0.15, 0.2) is 0 Å². The quantitative estimate of drug-likeness (QED) is 0.863. The van der Waals surface area contributed by atoms with E-state index in [0.29, 0.717) is 17.9 Å². The molecule has 1 aliphatic rings. The second-order valence-electron chi connectivity index (χ2n) is 6.95. The lowest BCUT2D eigenvalue weighted by Crippen LogP contribution is -2.50. The highest BCUT2D eigenvalue weighted by atomic mass is 16.5. The molecular formula is C21H26N2O2. The van der Waals surface area contributed by atoms with Crippen molar-refractivity contribution >= 4 is 5.91 Å². The van der Waals surface area contributed by atoms with Crippen molar-refractivity contribution in [1.29, 1.82) is 0 Å². The summed E-state index contributed by atoms with van der Waals surface area (Å²) in [6, 6.07) is 16.9. The second-order valence-corrected chi connectivity index (χ2v) is 6.95. The predicted octanol–water partition coefficient (Wildman–Crippen LogP) is 4.08. The summed E-state index contributed by atoms with van der Waals surface area (Å²) in [7, 11) is 4.21. The lowest BCUT2D eigenvalue weighted by molar-refractivity contribution is 0.0899. The third-order valence-corrected chi connectivity index (χ3v) is 5.14. The number of ether oxygens (including phenoxy) is 1. The van der Waals surface area contributed by atoms with Gasteiger partial charge in [-0.2, -0.15) is 0 Å². The van der Waals surface area contributed by atoms with Gasteiger partial charge in [0.05, 0.1) is 0 Å². The van der Waals surface area contributed by atoms with Crippen LogP contribution in [-0.4, -0.2) is 37.0 Å². The van der Waals surface area contributed by atoms with Crippen LogP contribution >= 0.6 is 0 Å². The number of likely N-dealkylation sites (N-methyl/N-ethyl adjacent to an activating group) is 1. The molecule has 2 aromatic carbocycles. The molecule has 4 heteroatoms. The zero-order chi connectivity index (χ0) is 17.7. The summed E-state index contributed by atoms with van der Waals surface area (Å²) in [5.41, 5.74) is 0.716. The summed E-state index contributed by atoms with van der Waals surface area (Å²) in [6.07, 6.45) is 4.73. The van der Waals surface area contributed by atoms with Crippen LogP contribution in [0, 0.1) is 0 Å². The third kappa shape index (κ3) is 4.20. The number of benzene rings is 2. The lowest BCUT2D eigenvalue weighted by atomic mass is 9.96. The summed E-state index contributed by atoms with van der Waals surface area (Å²) in [5.74, 6) is 1.38. The number of amides is 1. The van der Waals surface area contributed by atoms with Gasteiger partial charge in [-0.05, 0) is 57.3 Å². The molecule has 0 bridgehead atoms. The minimum atomic E-state index is -0.0494. The maximum absolute atomic E-state index is 12.6. The molecule has 0 heterocycles. The summed E-state index contributed by atoms with van der Waals surface area (Å²) < 4.78 is 5.82. The fraction of sp³-hybridized carbons (Fsp3) is 0.381. The van der Waals surface area contributed by atoms with E-state index in [1.807, 2.05) is 48.5 Å². The summed E-state index contributed by atoms with van der Waals surface area (Å²) in [4.78, 5) is 14.8. The lowest BCUT2D eigenvalue weighted by Gasteiger charge is -2.36. The Kier molecular flexibility index (Phi) is 5.39. The molecule has 3 rings (SSSR count). The van der Waals surface area contributed by atoms with Crippen LogP contribution in [0.4, 0.5) is 0 Å². The molecule has 4 nitrogen and oxygen atoms in total. The number of carbonyl (C=O) groups excluding carboxylic acids is 1. The van der Waals surface area contributed by atoms with Gasteiger partial charge in [-0.15, -0.1) is 0 Å². The normalized spacial score (nSPS) is 16.0. The minimum absolute atomic E-state index is 0.0494. The van der Waals surface area contributed by atoms with Crippen LogP contribution in [0.5, 0.6) is 11.5 Å². The maximum Gasteiger partial charge on any atom is 0.251 e. The van der Waals surface area contributed by atoms with Gasteiger partial charge in [0.2, 0.25) is 0 Å². The highest BCUT2D eigenvalue weighted by Crippen LogP contribution is 2.33. The largest absolute Gasteiger partial charge is 0.457 e. The van der Waals surface area contributed by atoms with Gasteiger partial charge in [0.25, 0.3) is 5.91 Å². The van der Waals surface area contributed by atoms with Crippen molar-refractivity contribution < 1.29 is 9.53 Å². The van der Waals surface area contributed by atoms with Gasteiger partial charge in [-0.25, -0.2) is 0 Å². The van der Waals surface area contributed by atoms with Crippen LogP contribution in [0.3, 0.4) is 0 Å². The fourth-order valence-corrected chi connectivity index (χ4v) is 3.49. The molecule has 0 unspecified atom stereocenters. The van der Waals surface area contributed by atoms with E-state index in [4.69, 9.17) is 4.74 Å². The van der Waals surface area contributed by atoms with Gasteiger partial charge >= 0.3 is 0 Å². The Hall–Kier alpha value is -2.33. The van der Waals surface area contributed by atoms with Crippen molar-refractivity contribution in [1.82, 2.24) is 10.2 Å². The van der Waals surface area contributed by atoms with Crippen LogP contribution in [0.25, 0.3) is 0 Å². The third-order valence-electron chi connectivity index (χ3n) is 5.14. The van der Waals surface area contributed by atoms with E-state index in [1.54, 1.807) is 6.07 Å². The van der Waals surface area contributed by atoms with Crippen molar-refractivity contribution in [2.75, 3.05) is 20.6 Å². The average molecular weight is 338 g/mol. The van der Waals surface area contributed by atoms with Crippen molar-refractivity contribution in [3.8, 4) is 11.5 Å². The summed E-state index contributed by atoms with van der Waals surface area (Å²) in [6.45, 7) is 0.683. The van der Waals surface area contributed by atoms with Crippen molar-refractivity contribution in [3.63, 3.8) is 0 Å². The molecule has 1 N–H and O–H groups in total. The highest BCUT2D eigenvalue weighted by Gasteiger charge is 2.36. The Morgan fingerprint density at radius 2 is 1.72 bits per heavy atom. The number of para-hydroxylation sites is 1. The monoisotopic (exact) mass is 338 g/mol. The van der Waals surface area contributed by atoms with Gasteiger partial charge < -0.3 is 15.0 Å². The smallest absolute Gasteiger partial charge is 0.251 e. The predicted molar refractivity (Wildman–Crippen MR) is 100 cm³/mol. The van der Waals surface area contributed by atoms with Crippen molar-refractivity contribution in [2.45, 2.75) is 31.2 Å². The molecule has 0 atom stereocenters. The molecule has 132 valence electrons. The summed E-state index contributed by atoms with van der Waals surface area (Å²) in [5, 5.41) is 3.12. The Bertz CT molecular complexity index is 707. The van der Waals surface area contributed by atoms with E-state index >= 15 is 0 Å². The first-order valence-corrected chi connectivity index (χ1v) is 8.88. The van der Waals surface area contributed by atoms with Gasteiger partial charge in [0, 0.05) is 17.6 Å². The molecule has 1 saturated carbocycles. The maximum atomic E-state index is 12.6. The standard InChI is InChI=1S/C21H26N2O2/c1-23(2)21(13-6-7-14-21)16-22-20(24)17-9-8-12-19(15-17)25-18-10-4-3-5-11-18/h3-5,8-12,15H,6-7,13-14,16H2,1-2H3,(H,22,24). The minimum Gasteiger partial charge on any atom is -0.457 e. The highest BCUT2D eigenvalue weighted by molar-refractivity contribution is 5.94. The number of rotatable bonds is 6. The molecule has 25 heavy (non-hydrogen) atoms. The SMILES string of the molecule is CN(C)C1(CNC(=O)c2cccc(Oc3ccccc3)c2)CCCC1. The van der Waals surface area contributed by atoms with E-state index < -0.39 is 0 Å². The van der Waals surface area contributed by atoms with Crippen molar-refractivity contribution in [3.05, 3.63) is 60.2 Å². The Labute approximate surface area is 149 Å². The first-order valence-electron chi connectivity index (χ1n) is 8.88. The van der Waals surface area contributed by atoms with Gasteiger partial charge in [-0.3, -0.25) is 4.79 Å². The first-order chi connectivity index (χ1) is 12.1. The zero-order valence-electron chi connectivity index (χ0n) is 15.0. The van der Waals surface area contributed by atoms with Crippen LogP contribution in [-0.2, 0) is 0 Å². The molecule has 0 aromatic heterocycles. The molecule has 2 aromatic rings. The average Bonchev–Trinajstić information content (AvgIpc) is 3.11. The van der Waals surface area contributed by atoms with Crippen LogP contribution in [0.2, 0.25) is 0 Å². The second kappa shape index (κ2) is 7.70. The topological polar surface area (TPSA) is 41.6 Å². The number of hydrogen-bond donors (Lipinski definition) is 1. The molecule has 1 aliphatic carbocycles. The van der Waals surface area contributed by atoms with Gasteiger partial charge in [0.1, 0.15) is 11.5 Å². The van der Waals surface area contributed by atoms with E-state index in [9.17, 15) is 4.79 Å². The fourth-order valence-electron chi connectivity index (χ4n) is 3.49. The van der Waals surface area contributed by atoms with E-state index in [0.717, 1.165) is 18.6 Å². The molecular weight excluding hydrogens is 312 g/mol. The molecule has 0 aliphatic heterocycles. The number of carbonyl (C=O) groups is 1. The van der Waals surface area contributed by atoms with Crippen LogP contribution in [0.1, 0.15) is 36.0 Å². The zero-order valence-corrected chi connectivity index (χ0v) is 15.0. The van der Waals surface area contributed by atoms with Crippen LogP contribution < -0.4 is 10.1 Å². The van der Waals surface area contributed by atoms with E-state index in [2.05, 4.69) is 24.3 Å². The van der Waals surface area contributed by atoms with E-state index in [-0.39, 0.29) is 11.4 Å².